The van der Waals surface area contributed by atoms with Crippen LogP contribution in [0.3, 0.4) is 0 Å². The lowest BCUT2D eigenvalue weighted by atomic mass is 9.85. The Hall–Kier alpha value is -3.90. The molecule has 1 aliphatic carbocycles. The van der Waals surface area contributed by atoms with Crippen LogP contribution in [0.5, 0.6) is 0 Å². The number of aliphatic hydroxyl groups excluding tert-OH is 1. The second-order valence-corrected chi connectivity index (χ2v) is 18.0. The SMILES string of the molecule is CC(C)(C)C(=O)N[C@H](C(=O)N[C@H](C(=O)N[C@@H](Cc1ccccc1)[C@H](O)C(=O)N1CSC(C)(C)[C@H]1C(=O)NCC1CC1)C(C)(C)C)c1ccccc1. The smallest absolute Gasteiger partial charge is 0.254 e. The maximum atomic E-state index is 14.2. The Labute approximate surface area is 306 Å². The summed E-state index contributed by atoms with van der Waals surface area (Å²) < 4.78 is -0.597. The van der Waals surface area contributed by atoms with Gasteiger partial charge in [-0.05, 0) is 55.6 Å². The number of nitrogens with one attached hydrogen (secondary N) is 4. The van der Waals surface area contributed by atoms with Crippen molar-refractivity contribution in [1.82, 2.24) is 26.2 Å². The van der Waals surface area contributed by atoms with Crippen LogP contribution in [0.15, 0.2) is 60.7 Å². The number of nitrogens with zero attached hydrogens (tertiary/aromatic N) is 1. The summed E-state index contributed by atoms with van der Waals surface area (Å²) in [7, 11) is 0. The summed E-state index contributed by atoms with van der Waals surface area (Å²) in [5.41, 5.74) is -0.274. The molecule has 0 unspecified atom stereocenters. The molecule has 0 radical (unpaired) electrons. The van der Waals surface area contributed by atoms with Gasteiger partial charge in [0.1, 0.15) is 18.1 Å². The van der Waals surface area contributed by atoms with E-state index in [0.717, 1.165) is 18.4 Å². The fourth-order valence-electron chi connectivity index (χ4n) is 5.99. The van der Waals surface area contributed by atoms with Crippen molar-refractivity contribution < 1.29 is 29.1 Å². The highest BCUT2D eigenvalue weighted by Crippen LogP contribution is 2.40. The molecule has 5 atom stereocenters. The van der Waals surface area contributed by atoms with E-state index in [0.29, 0.717) is 18.0 Å². The highest BCUT2D eigenvalue weighted by molar-refractivity contribution is 8.00. The average Bonchev–Trinajstić information content (AvgIpc) is 3.84. The van der Waals surface area contributed by atoms with Gasteiger partial charge in [-0.3, -0.25) is 24.0 Å². The van der Waals surface area contributed by atoms with Crippen molar-refractivity contribution in [1.29, 1.82) is 0 Å². The molecule has 1 aliphatic heterocycles. The lowest BCUT2D eigenvalue weighted by Gasteiger charge is -2.36. The van der Waals surface area contributed by atoms with Crippen LogP contribution in [0.4, 0.5) is 0 Å². The van der Waals surface area contributed by atoms with E-state index >= 15 is 0 Å². The molecule has 5 N–H and O–H groups in total. The van der Waals surface area contributed by atoms with Gasteiger partial charge in [-0.2, -0.15) is 0 Å². The van der Waals surface area contributed by atoms with Crippen LogP contribution in [-0.4, -0.2) is 80.9 Å². The zero-order valence-electron chi connectivity index (χ0n) is 31.1. The van der Waals surface area contributed by atoms with E-state index in [4.69, 9.17) is 0 Å². The topological polar surface area (TPSA) is 157 Å². The van der Waals surface area contributed by atoms with Crippen LogP contribution >= 0.6 is 11.8 Å². The number of amides is 5. The maximum Gasteiger partial charge on any atom is 0.254 e. The van der Waals surface area contributed by atoms with Crippen LogP contribution in [0.25, 0.3) is 0 Å². The van der Waals surface area contributed by atoms with E-state index in [9.17, 15) is 29.1 Å². The monoisotopic (exact) mass is 721 g/mol. The van der Waals surface area contributed by atoms with Crippen LogP contribution in [0.2, 0.25) is 0 Å². The molecule has 2 fully saturated rings. The van der Waals surface area contributed by atoms with E-state index in [-0.39, 0.29) is 24.1 Å². The minimum absolute atomic E-state index is 0.113. The van der Waals surface area contributed by atoms with Gasteiger partial charge in [-0.15, -0.1) is 11.8 Å². The molecule has 1 saturated carbocycles. The number of thioether (sulfide) groups is 1. The molecular weight excluding hydrogens is 667 g/mol. The molecule has 4 rings (SSSR count). The van der Waals surface area contributed by atoms with Gasteiger partial charge in [-0.1, -0.05) is 102 Å². The van der Waals surface area contributed by atoms with Gasteiger partial charge in [0.25, 0.3) is 5.91 Å². The van der Waals surface area contributed by atoms with Gasteiger partial charge in [-0.25, -0.2) is 0 Å². The Kier molecular flexibility index (Phi) is 12.7. The third kappa shape index (κ3) is 10.6. The van der Waals surface area contributed by atoms with Gasteiger partial charge < -0.3 is 31.3 Å². The maximum absolute atomic E-state index is 14.2. The normalized spacial score (nSPS) is 19.6. The molecule has 1 heterocycles. The Morgan fingerprint density at radius 3 is 2.00 bits per heavy atom. The minimum Gasteiger partial charge on any atom is -0.381 e. The van der Waals surface area contributed by atoms with Gasteiger partial charge in [0.05, 0.1) is 11.9 Å². The molecule has 5 amide bonds. The Bertz CT molecular complexity index is 1550. The number of aliphatic hydroxyl groups is 1. The van der Waals surface area contributed by atoms with Crippen LogP contribution in [0, 0.1) is 16.7 Å². The Morgan fingerprint density at radius 1 is 0.863 bits per heavy atom. The van der Waals surface area contributed by atoms with Crippen LogP contribution in [0.1, 0.15) is 85.4 Å². The largest absolute Gasteiger partial charge is 0.381 e. The highest BCUT2D eigenvalue weighted by Gasteiger charge is 2.50. The van der Waals surface area contributed by atoms with Crippen LogP contribution in [-0.2, 0) is 30.4 Å². The van der Waals surface area contributed by atoms with E-state index in [1.165, 1.54) is 16.7 Å². The second-order valence-electron chi connectivity index (χ2n) is 16.4. The predicted molar refractivity (Wildman–Crippen MR) is 199 cm³/mol. The molecule has 0 bridgehead atoms. The number of rotatable bonds is 13. The van der Waals surface area contributed by atoms with Gasteiger partial charge >= 0.3 is 0 Å². The number of hydrogen-bond acceptors (Lipinski definition) is 7. The van der Waals surface area contributed by atoms with Crippen molar-refractivity contribution in [2.75, 3.05) is 12.4 Å². The average molecular weight is 722 g/mol. The summed E-state index contributed by atoms with van der Waals surface area (Å²) in [6.07, 6.45) is 0.558. The number of hydrogen-bond donors (Lipinski definition) is 5. The molecule has 51 heavy (non-hydrogen) atoms. The summed E-state index contributed by atoms with van der Waals surface area (Å²) in [4.78, 5) is 70.2. The fourth-order valence-corrected chi connectivity index (χ4v) is 7.13. The number of benzene rings is 2. The first-order chi connectivity index (χ1) is 23.8. The third-order valence-corrected chi connectivity index (χ3v) is 10.7. The quantitative estimate of drug-likeness (QED) is 0.211. The molecule has 278 valence electrons. The summed E-state index contributed by atoms with van der Waals surface area (Å²) in [6.45, 7) is 15.0. The molecule has 12 heteroatoms. The van der Waals surface area contributed by atoms with E-state index in [2.05, 4.69) is 21.3 Å². The zero-order chi connectivity index (χ0) is 37.7. The molecule has 0 aromatic heterocycles. The molecule has 2 aromatic rings. The molecule has 11 nitrogen and oxygen atoms in total. The molecule has 2 aromatic carbocycles. The van der Waals surface area contributed by atoms with Crippen molar-refractivity contribution in [2.45, 2.75) is 110 Å². The third-order valence-electron chi connectivity index (χ3n) is 9.37. The Morgan fingerprint density at radius 2 is 1.45 bits per heavy atom. The van der Waals surface area contributed by atoms with Crippen molar-refractivity contribution in [2.24, 2.45) is 16.7 Å². The summed E-state index contributed by atoms with van der Waals surface area (Å²) in [5.74, 6) is -1.78. The second kappa shape index (κ2) is 16.2. The van der Waals surface area contributed by atoms with Crippen molar-refractivity contribution in [3.63, 3.8) is 0 Å². The summed E-state index contributed by atoms with van der Waals surface area (Å²) in [6, 6.07) is 13.9. The van der Waals surface area contributed by atoms with Gasteiger partial charge in [0.15, 0.2) is 6.10 Å². The first-order valence-corrected chi connectivity index (χ1v) is 18.7. The van der Waals surface area contributed by atoms with Crippen LogP contribution < -0.4 is 21.3 Å². The first-order valence-electron chi connectivity index (χ1n) is 17.7. The molecule has 0 spiro atoms. The molecule has 2 aliphatic rings. The summed E-state index contributed by atoms with van der Waals surface area (Å²) >= 11 is 1.46. The standard InChI is InChI=1S/C39H55N5O6S/c1-37(2,3)30(43-32(46)28(26-17-13-10-14-18-26)42-36(50)38(4,5)6)33(47)41-27(21-24-15-11-9-12-16-24)29(45)35(49)44-23-51-39(7,8)31(44)34(48)40-22-25-19-20-25/h9-18,25,27-31,45H,19-23H2,1-8H3,(H,40,48)(H,41,47)(H,42,50)(H,43,46)/t27-,28-,29-,30+,31+/m0/s1. The van der Waals surface area contributed by atoms with E-state index in [1.807, 2.05) is 44.2 Å². The summed E-state index contributed by atoms with van der Waals surface area (Å²) in [5, 5.41) is 23.3. The van der Waals surface area contributed by atoms with Crippen molar-refractivity contribution >= 4 is 41.3 Å². The van der Waals surface area contributed by atoms with Gasteiger partial charge in [0.2, 0.25) is 23.6 Å². The lowest BCUT2D eigenvalue weighted by molar-refractivity contribution is -0.148. The first kappa shape index (κ1) is 39.9. The number of carbonyl (C=O) groups excluding carboxylic acids is 5. The van der Waals surface area contributed by atoms with E-state index in [1.54, 1.807) is 71.9 Å². The number of carbonyl (C=O) groups is 5. The molecular formula is C39H55N5O6S. The zero-order valence-corrected chi connectivity index (χ0v) is 31.9. The lowest BCUT2D eigenvalue weighted by Crippen LogP contribution is -2.62. The predicted octanol–water partition coefficient (Wildman–Crippen LogP) is 3.72. The highest BCUT2D eigenvalue weighted by atomic mass is 32.2. The van der Waals surface area contributed by atoms with E-state index < -0.39 is 63.6 Å². The minimum atomic E-state index is -1.69. The molecule has 1 saturated heterocycles. The Balaban J connectivity index is 1.59. The van der Waals surface area contributed by atoms with Crippen molar-refractivity contribution in [3.8, 4) is 0 Å². The fraction of sp³-hybridized carbons (Fsp3) is 0.564. The van der Waals surface area contributed by atoms with Gasteiger partial charge in [0, 0.05) is 16.7 Å². The van der Waals surface area contributed by atoms with Crippen molar-refractivity contribution in [3.05, 3.63) is 71.8 Å².